The fourth-order valence-corrected chi connectivity index (χ4v) is 6.26. The maximum Gasteiger partial charge on any atom is 0.245 e. The van der Waals surface area contributed by atoms with Crippen molar-refractivity contribution in [2.24, 2.45) is 5.41 Å². The third-order valence-corrected chi connectivity index (χ3v) is 8.20. The highest BCUT2D eigenvalue weighted by atomic mass is 32.2. The summed E-state index contributed by atoms with van der Waals surface area (Å²) in [4.78, 5) is 13.2. The zero-order valence-corrected chi connectivity index (χ0v) is 18.6. The van der Waals surface area contributed by atoms with E-state index in [1.807, 2.05) is 38.1 Å². The zero-order chi connectivity index (χ0) is 21.4. The average molecular weight is 445 g/mol. The Labute approximate surface area is 180 Å². The second kappa shape index (κ2) is 8.05. The number of nitrogens with zero attached hydrogens (tertiary/aromatic N) is 3. The summed E-state index contributed by atoms with van der Waals surface area (Å²) in [5.74, 6) is -0.126. The molecule has 2 aromatic carbocycles. The second-order valence-electron chi connectivity index (χ2n) is 8.00. The molecule has 2 heterocycles. The van der Waals surface area contributed by atoms with Gasteiger partial charge >= 0.3 is 0 Å². The molecule has 7 nitrogen and oxygen atoms in total. The van der Waals surface area contributed by atoms with Gasteiger partial charge in [-0.2, -0.15) is 13.1 Å². The molecule has 0 saturated carbocycles. The number of amides is 1. The fourth-order valence-electron chi connectivity index (χ4n) is 3.91. The standard InChI is InChI=1S/C21H24N4O3S2/c1-15-7-3-4-8-16(15)13-22-20(26)21(2)11-6-12-25(14-21)30(27,28)18-10-5-9-17-19(18)24-29-23-17/h3-5,7-10H,6,11-14H2,1-2H3,(H,22,26). The molecule has 1 unspecified atom stereocenters. The van der Waals surface area contributed by atoms with Crippen molar-refractivity contribution in [1.29, 1.82) is 0 Å². The van der Waals surface area contributed by atoms with E-state index >= 15 is 0 Å². The number of benzene rings is 2. The van der Waals surface area contributed by atoms with Crippen LogP contribution in [0.5, 0.6) is 0 Å². The summed E-state index contributed by atoms with van der Waals surface area (Å²) >= 11 is 0.993. The van der Waals surface area contributed by atoms with Crippen molar-refractivity contribution in [3.8, 4) is 0 Å². The highest BCUT2D eigenvalue weighted by Crippen LogP contribution is 2.34. The first-order valence-corrected chi connectivity index (χ1v) is 12.0. The van der Waals surface area contributed by atoms with Crippen molar-refractivity contribution in [3.63, 3.8) is 0 Å². The predicted molar refractivity (Wildman–Crippen MR) is 117 cm³/mol. The van der Waals surface area contributed by atoms with E-state index in [-0.39, 0.29) is 17.3 Å². The third-order valence-electron chi connectivity index (χ3n) is 5.78. The van der Waals surface area contributed by atoms with E-state index in [1.165, 1.54) is 4.31 Å². The fraction of sp³-hybridized carbons (Fsp3) is 0.381. The lowest BCUT2D eigenvalue weighted by Crippen LogP contribution is -2.51. The Morgan fingerprint density at radius 2 is 2.00 bits per heavy atom. The first kappa shape index (κ1) is 20.9. The van der Waals surface area contributed by atoms with Crippen molar-refractivity contribution < 1.29 is 13.2 Å². The summed E-state index contributed by atoms with van der Waals surface area (Å²) < 4.78 is 36.5. The van der Waals surface area contributed by atoms with Crippen LogP contribution in [0.2, 0.25) is 0 Å². The van der Waals surface area contributed by atoms with Crippen LogP contribution in [0.4, 0.5) is 0 Å². The van der Waals surface area contributed by atoms with Gasteiger partial charge in [0.25, 0.3) is 0 Å². The molecule has 1 amide bonds. The van der Waals surface area contributed by atoms with Crippen molar-refractivity contribution in [3.05, 3.63) is 53.6 Å². The molecule has 0 bridgehead atoms. The van der Waals surface area contributed by atoms with Gasteiger partial charge in [-0.15, -0.1) is 0 Å². The van der Waals surface area contributed by atoms with Crippen LogP contribution in [-0.2, 0) is 21.4 Å². The lowest BCUT2D eigenvalue weighted by atomic mass is 9.82. The number of carbonyl (C=O) groups excluding carboxylic acids is 1. The molecule has 1 atom stereocenters. The van der Waals surface area contributed by atoms with Gasteiger partial charge in [-0.3, -0.25) is 4.79 Å². The van der Waals surface area contributed by atoms with Crippen molar-refractivity contribution >= 4 is 38.7 Å². The number of fused-ring (bicyclic) bond motifs is 1. The Hall–Kier alpha value is -2.36. The quantitative estimate of drug-likeness (QED) is 0.653. The normalized spacial score (nSPS) is 20.3. The predicted octanol–water partition coefficient (Wildman–Crippen LogP) is 3.11. The highest BCUT2D eigenvalue weighted by molar-refractivity contribution is 7.89. The highest BCUT2D eigenvalue weighted by Gasteiger charge is 2.42. The van der Waals surface area contributed by atoms with Gasteiger partial charge in [-0.05, 0) is 49.9 Å². The zero-order valence-electron chi connectivity index (χ0n) is 17.0. The minimum absolute atomic E-state index is 0.126. The minimum atomic E-state index is -3.78. The SMILES string of the molecule is Cc1ccccc1CNC(=O)C1(C)CCCN(S(=O)(=O)c2cccc3nsnc23)C1. The van der Waals surface area contributed by atoms with E-state index < -0.39 is 15.4 Å². The molecule has 4 rings (SSSR count). The van der Waals surface area contributed by atoms with Crippen LogP contribution in [-0.4, -0.2) is 40.5 Å². The molecule has 1 N–H and O–H groups in total. The van der Waals surface area contributed by atoms with Gasteiger partial charge in [0.05, 0.1) is 17.1 Å². The molecule has 9 heteroatoms. The molecule has 30 heavy (non-hydrogen) atoms. The van der Waals surface area contributed by atoms with E-state index in [1.54, 1.807) is 18.2 Å². The van der Waals surface area contributed by atoms with E-state index in [9.17, 15) is 13.2 Å². The molecule has 158 valence electrons. The Bertz CT molecular complexity index is 1190. The van der Waals surface area contributed by atoms with Crippen molar-refractivity contribution in [1.82, 2.24) is 18.4 Å². The first-order valence-electron chi connectivity index (χ1n) is 9.85. The number of rotatable bonds is 5. The monoisotopic (exact) mass is 444 g/mol. The average Bonchev–Trinajstić information content (AvgIpc) is 3.21. The van der Waals surface area contributed by atoms with Gasteiger partial charge in [0.15, 0.2) is 0 Å². The summed E-state index contributed by atoms with van der Waals surface area (Å²) in [6, 6.07) is 12.9. The Morgan fingerprint density at radius 3 is 2.80 bits per heavy atom. The number of hydrogen-bond donors (Lipinski definition) is 1. The molecule has 0 radical (unpaired) electrons. The second-order valence-corrected chi connectivity index (χ2v) is 10.4. The van der Waals surface area contributed by atoms with Gasteiger partial charge in [-0.1, -0.05) is 30.3 Å². The van der Waals surface area contributed by atoms with Crippen LogP contribution < -0.4 is 5.32 Å². The van der Waals surface area contributed by atoms with Gasteiger partial charge < -0.3 is 5.32 Å². The number of piperidine rings is 1. The van der Waals surface area contributed by atoms with Crippen molar-refractivity contribution in [2.45, 2.75) is 38.1 Å². The van der Waals surface area contributed by atoms with E-state index in [0.717, 1.165) is 22.9 Å². The third kappa shape index (κ3) is 3.84. The number of sulfonamides is 1. The number of aryl methyl sites for hydroxylation is 1. The van der Waals surface area contributed by atoms with E-state index in [4.69, 9.17) is 0 Å². The molecule has 1 aliphatic rings. The molecule has 1 fully saturated rings. The Balaban J connectivity index is 1.54. The number of nitrogens with one attached hydrogen (secondary N) is 1. The molecule has 1 aromatic heterocycles. The van der Waals surface area contributed by atoms with E-state index in [2.05, 4.69) is 14.1 Å². The van der Waals surface area contributed by atoms with E-state index in [0.29, 0.717) is 37.0 Å². The van der Waals surface area contributed by atoms with Crippen molar-refractivity contribution in [2.75, 3.05) is 13.1 Å². The molecule has 1 saturated heterocycles. The van der Waals surface area contributed by atoms with Gasteiger partial charge in [-0.25, -0.2) is 8.42 Å². The van der Waals surface area contributed by atoms with Gasteiger partial charge in [0, 0.05) is 19.6 Å². The van der Waals surface area contributed by atoms with Crippen LogP contribution in [0, 0.1) is 12.3 Å². The molecular weight excluding hydrogens is 420 g/mol. The Morgan fingerprint density at radius 1 is 1.20 bits per heavy atom. The summed E-state index contributed by atoms with van der Waals surface area (Å²) in [7, 11) is -3.78. The molecule has 0 spiro atoms. The molecule has 0 aliphatic carbocycles. The van der Waals surface area contributed by atoms with Crippen LogP contribution >= 0.6 is 11.7 Å². The Kier molecular flexibility index (Phi) is 5.61. The maximum absolute atomic E-state index is 13.4. The lowest BCUT2D eigenvalue weighted by molar-refractivity contribution is -0.132. The summed E-state index contributed by atoms with van der Waals surface area (Å²) in [6.07, 6.45) is 1.26. The first-order chi connectivity index (χ1) is 14.3. The number of carbonyl (C=O) groups is 1. The summed E-state index contributed by atoms with van der Waals surface area (Å²) in [5, 5.41) is 3.01. The number of aromatic nitrogens is 2. The van der Waals surface area contributed by atoms with Gasteiger partial charge in [0.1, 0.15) is 15.9 Å². The van der Waals surface area contributed by atoms with Crippen LogP contribution in [0.3, 0.4) is 0 Å². The van der Waals surface area contributed by atoms with Crippen LogP contribution in [0.15, 0.2) is 47.4 Å². The van der Waals surface area contributed by atoms with Crippen LogP contribution in [0.1, 0.15) is 30.9 Å². The summed E-state index contributed by atoms with van der Waals surface area (Å²) in [6.45, 7) is 4.80. The van der Waals surface area contributed by atoms with Crippen LogP contribution in [0.25, 0.3) is 11.0 Å². The number of hydrogen-bond acceptors (Lipinski definition) is 6. The van der Waals surface area contributed by atoms with Gasteiger partial charge in [0.2, 0.25) is 15.9 Å². The smallest absolute Gasteiger partial charge is 0.245 e. The lowest BCUT2D eigenvalue weighted by Gasteiger charge is -2.38. The molecular formula is C21H24N4O3S2. The maximum atomic E-state index is 13.4. The largest absolute Gasteiger partial charge is 0.352 e. The summed E-state index contributed by atoms with van der Waals surface area (Å²) in [5.41, 5.74) is 2.33. The molecule has 1 aliphatic heterocycles. The topological polar surface area (TPSA) is 92.3 Å². The minimum Gasteiger partial charge on any atom is -0.352 e. The molecule has 3 aromatic rings.